The van der Waals surface area contributed by atoms with E-state index in [4.69, 9.17) is 9.47 Å². The number of nitrogens with one attached hydrogen (secondary N) is 1. The Bertz CT molecular complexity index is 1310. The lowest BCUT2D eigenvalue weighted by Gasteiger charge is -2.10. The molecule has 4 aromatic rings. The summed E-state index contributed by atoms with van der Waals surface area (Å²) in [7, 11) is 1.65. The Morgan fingerprint density at radius 2 is 1.66 bits per heavy atom. The Labute approximate surface area is 206 Å². The predicted molar refractivity (Wildman–Crippen MR) is 138 cm³/mol. The normalized spacial score (nSPS) is 10.7. The van der Waals surface area contributed by atoms with Gasteiger partial charge in [-0.3, -0.25) is 9.48 Å². The molecule has 180 valence electrons. The van der Waals surface area contributed by atoms with Gasteiger partial charge in [0.1, 0.15) is 18.1 Å². The molecule has 35 heavy (non-hydrogen) atoms. The zero-order valence-corrected chi connectivity index (χ0v) is 20.7. The lowest BCUT2D eigenvalue weighted by molar-refractivity contribution is 0.102. The summed E-state index contributed by atoms with van der Waals surface area (Å²) in [6.45, 7) is 6.97. The van der Waals surface area contributed by atoms with E-state index < -0.39 is 0 Å². The molecule has 0 radical (unpaired) electrons. The number of nitrogens with zero attached hydrogens (tertiary/aromatic N) is 2. The van der Waals surface area contributed by atoms with Gasteiger partial charge in [0.15, 0.2) is 0 Å². The molecule has 0 aliphatic rings. The Morgan fingerprint density at radius 3 is 2.40 bits per heavy atom. The summed E-state index contributed by atoms with van der Waals surface area (Å²) >= 11 is 0. The SMILES string of the molecule is CCc1ccc(OCc2cccc(C(=O)Nc3c(C)nn(Cc4cccc(OC)c4)c3C)c2)cc1. The third kappa shape index (κ3) is 5.90. The highest BCUT2D eigenvalue weighted by Gasteiger charge is 2.16. The number of anilines is 1. The molecule has 4 rings (SSSR count). The van der Waals surface area contributed by atoms with Crippen molar-refractivity contribution in [2.75, 3.05) is 12.4 Å². The van der Waals surface area contributed by atoms with Gasteiger partial charge in [-0.25, -0.2) is 0 Å². The maximum atomic E-state index is 13.1. The number of carbonyl (C=O) groups excluding carboxylic acids is 1. The molecular weight excluding hydrogens is 438 g/mol. The van der Waals surface area contributed by atoms with Gasteiger partial charge in [0.2, 0.25) is 0 Å². The molecule has 0 aliphatic heterocycles. The van der Waals surface area contributed by atoms with Gasteiger partial charge in [-0.05, 0) is 73.4 Å². The van der Waals surface area contributed by atoms with E-state index in [2.05, 4.69) is 29.5 Å². The van der Waals surface area contributed by atoms with Crippen LogP contribution in [0, 0.1) is 13.8 Å². The minimum absolute atomic E-state index is 0.175. The van der Waals surface area contributed by atoms with Crippen LogP contribution in [-0.4, -0.2) is 22.8 Å². The summed E-state index contributed by atoms with van der Waals surface area (Å²) in [6, 6.07) is 23.5. The molecule has 3 aromatic carbocycles. The van der Waals surface area contributed by atoms with Crippen LogP contribution in [0.3, 0.4) is 0 Å². The lowest BCUT2D eigenvalue weighted by atomic mass is 10.1. The number of hydrogen-bond acceptors (Lipinski definition) is 4. The molecule has 1 N–H and O–H groups in total. The summed E-state index contributed by atoms with van der Waals surface area (Å²) in [5, 5.41) is 7.69. The Morgan fingerprint density at radius 1 is 0.914 bits per heavy atom. The molecule has 0 unspecified atom stereocenters. The van der Waals surface area contributed by atoms with Crippen molar-refractivity contribution in [2.24, 2.45) is 0 Å². The van der Waals surface area contributed by atoms with E-state index in [-0.39, 0.29) is 5.91 Å². The summed E-state index contributed by atoms with van der Waals surface area (Å²) in [5.74, 6) is 1.44. The topological polar surface area (TPSA) is 65.4 Å². The molecule has 6 heteroatoms. The van der Waals surface area contributed by atoms with E-state index in [1.165, 1.54) is 5.56 Å². The van der Waals surface area contributed by atoms with Gasteiger partial charge in [-0.15, -0.1) is 0 Å². The zero-order valence-electron chi connectivity index (χ0n) is 20.7. The van der Waals surface area contributed by atoms with E-state index in [0.717, 1.165) is 46.1 Å². The van der Waals surface area contributed by atoms with E-state index in [1.807, 2.05) is 73.1 Å². The van der Waals surface area contributed by atoms with Gasteiger partial charge in [-0.1, -0.05) is 43.3 Å². The number of amides is 1. The lowest BCUT2D eigenvalue weighted by Crippen LogP contribution is -2.14. The van der Waals surface area contributed by atoms with Crippen molar-refractivity contribution < 1.29 is 14.3 Å². The van der Waals surface area contributed by atoms with Crippen LogP contribution in [0.15, 0.2) is 72.8 Å². The van der Waals surface area contributed by atoms with Crippen molar-refractivity contribution >= 4 is 11.6 Å². The molecule has 0 atom stereocenters. The maximum Gasteiger partial charge on any atom is 0.255 e. The van der Waals surface area contributed by atoms with E-state index >= 15 is 0 Å². The number of rotatable bonds is 9. The minimum Gasteiger partial charge on any atom is -0.497 e. The Kier molecular flexibility index (Phi) is 7.51. The van der Waals surface area contributed by atoms with Gasteiger partial charge >= 0.3 is 0 Å². The van der Waals surface area contributed by atoms with Crippen LogP contribution in [0.1, 0.15) is 45.4 Å². The first-order valence-corrected chi connectivity index (χ1v) is 11.8. The number of benzene rings is 3. The second kappa shape index (κ2) is 10.9. The quantitative estimate of drug-likeness (QED) is 0.329. The summed E-state index contributed by atoms with van der Waals surface area (Å²) < 4.78 is 13.1. The first-order chi connectivity index (χ1) is 17.0. The van der Waals surface area contributed by atoms with Crippen molar-refractivity contribution in [2.45, 2.75) is 40.3 Å². The molecule has 1 heterocycles. The number of ether oxygens (including phenoxy) is 2. The van der Waals surface area contributed by atoms with Crippen molar-refractivity contribution in [3.63, 3.8) is 0 Å². The van der Waals surface area contributed by atoms with Crippen molar-refractivity contribution in [1.29, 1.82) is 0 Å². The third-order valence-electron chi connectivity index (χ3n) is 6.01. The highest BCUT2D eigenvalue weighted by atomic mass is 16.5. The molecule has 6 nitrogen and oxygen atoms in total. The molecular formula is C29H31N3O3. The molecule has 0 bridgehead atoms. The zero-order chi connectivity index (χ0) is 24.8. The number of methoxy groups -OCH3 is 1. The van der Waals surface area contributed by atoms with Gasteiger partial charge in [-0.2, -0.15) is 5.10 Å². The first kappa shape index (κ1) is 24.1. The second-order valence-corrected chi connectivity index (χ2v) is 8.50. The number of carbonyl (C=O) groups is 1. The standard InChI is InChI=1S/C29H31N3O3/c1-5-22-12-14-26(15-13-22)35-19-24-9-6-10-25(16-24)29(33)30-28-20(2)31-32(21(28)3)18-23-8-7-11-27(17-23)34-4/h6-17H,5,18-19H2,1-4H3,(H,30,33). The predicted octanol–water partition coefficient (Wildman–Crippen LogP) is 5.95. The fraction of sp³-hybridized carbons (Fsp3) is 0.241. The molecule has 0 aliphatic carbocycles. The van der Waals surface area contributed by atoms with E-state index in [1.54, 1.807) is 13.2 Å². The van der Waals surface area contributed by atoms with E-state index in [9.17, 15) is 4.79 Å². The first-order valence-electron chi connectivity index (χ1n) is 11.8. The average Bonchev–Trinajstić information content (AvgIpc) is 3.15. The fourth-order valence-electron chi connectivity index (χ4n) is 3.95. The van der Waals surface area contributed by atoms with E-state index in [0.29, 0.717) is 18.7 Å². The minimum atomic E-state index is -0.175. The Balaban J connectivity index is 1.43. The Hall–Kier alpha value is -4.06. The van der Waals surface area contributed by atoms with Gasteiger partial charge in [0.05, 0.1) is 30.7 Å². The van der Waals surface area contributed by atoms with Crippen LogP contribution >= 0.6 is 0 Å². The maximum absolute atomic E-state index is 13.1. The smallest absolute Gasteiger partial charge is 0.255 e. The third-order valence-corrected chi connectivity index (χ3v) is 6.01. The number of hydrogen-bond donors (Lipinski definition) is 1. The van der Waals surface area contributed by atoms with Crippen molar-refractivity contribution in [3.8, 4) is 11.5 Å². The number of aryl methyl sites for hydroxylation is 2. The molecule has 1 amide bonds. The van der Waals surface area contributed by atoms with Gasteiger partial charge < -0.3 is 14.8 Å². The van der Waals surface area contributed by atoms with Gasteiger partial charge in [0, 0.05) is 5.56 Å². The highest BCUT2D eigenvalue weighted by molar-refractivity contribution is 6.05. The van der Waals surface area contributed by atoms with Crippen LogP contribution in [0.2, 0.25) is 0 Å². The van der Waals surface area contributed by atoms with Crippen LogP contribution in [-0.2, 0) is 19.6 Å². The summed E-state index contributed by atoms with van der Waals surface area (Å²) in [6.07, 6.45) is 0.996. The highest BCUT2D eigenvalue weighted by Crippen LogP contribution is 2.23. The molecule has 1 aromatic heterocycles. The van der Waals surface area contributed by atoms with Crippen molar-refractivity contribution in [3.05, 3.63) is 106 Å². The number of aromatic nitrogens is 2. The average molecular weight is 470 g/mol. The molecule has 0 saturated carbocycles. The monoisotopic (exact) mass is 469 g/mol. The molecule has 0 spiro atoms. The van der Waals surface area contributed by atoms with Crippen molar-refractivity contribution in [1.82, 2.24) is 9.78 Å². The molecule has 0 fully saturated rings. The largest absolute Gasteiger partial charge is 0.497 e. The van der Waals surface area contributed by atoms with Gasteiger partial charge in [0.25, 0.3) is 5.91 Å². The summed E-state index contributed by atoms with van der Waals surface area (Å²) in [4.78, 5) is 13.1. The molecule has 0 saturated heterocycles. The van der Waals surface area contributed by atoms with Crippen LogP contribution in [0.25, 0.3) is 0 Å². The fourth-order valence-corrected chi connectivity index (χ4v) is 3.95. The van der Waals surface area contributed by atoms with Crippen LogP contribution in [0.4, 0.5) is 5.69 Å². The summed E-state index contributed by atoms with van der Waals surface area (Å²) in [5.41, 5.74) is 6.25. The van der Waals surface area contributed by atoms with Crippen LogP contribution in [0.5, 0.6) is 11.5 Å². The second-order valence-electron chi connectivity index (χ2n) is 8.50. The van der Waals surface area contributed by atoms with Crippen LogP contribution < -0.4 is 14.8 Å².